The first-order valence-corrected chi connectivity index (χ1v) is 9.42. The summed E-state index contributed by atoms with van der Waals surface area (Å²) in [6, 6.07) is 13.4. The molecule has 0 radical (unpaired) electrons. The molecular formula is C21H22N4O2. The predicted octanol–water partition coefficient (Wildman–Crippen LogP) is 2.20. The average Bonchev–Trinajstić information content (AvgIpc) is 3.39. The Morgan fingerprint density at radius 2 is 2.00 bits per heavy atom. The summed E-state index contributed by atoms with van der Waals surface area (Å²) in [5.41, 5.74) is 2.45. The number of hydrogen-bond acceptors (Lipinski definition) is 4. The lowest BCUT2D eigenvalue weighted by Crippen LogP contribution is -2.31. The number of ether oxygens (including phenoxy) is 1. The van der Waals surface area contributed by atoms with Gasteiger partial charge in [-0.25, -0.2) is 4.98 Å². The minimum absolute atomic E-state index is 0.0996. The van der Waals surface area contributed by atoms with Crippen molar-refractivity contribution in [2.45, 2.75) is 6.61 Å². The molecule has 138 valence electrons. The van der Waals surface area contributed by atoms with E-state index in [0.29, 0.717) is 29.8 Å². The summed E-state index contributed by atoms with van der Waals surface area (Å²) in [6.45, 7) is 4.12. The fraction of sp³-hybridized carbons (Fsp3) is 0.333. The first-order valence-electron chi connectivity index (χ1n) is 9.42. The lowest BCUT2D eigenvalue weighted by Gasteiger charge is -2.18. The molecule has 1 N–H and O–H groups in total. The second-order valence-corrected chi connectivity index (χ2v) is 7.40. The van der Waals surface area contributed by atoms with Crippen molar-refractivity contribution in [1.29, 1.82) is 0 Å². The van der Waals surface area contributed by atoms with Gasteiger partial charge < -0.3 is 19.4 Å². The second kappa shape index (κ2) is 6.70. The van der Waals surface area contributed by atoms with Gasteiger partial charge in [0.25, 0.3) is 5.91 Å². The summed E-state index contributed by atoms with van der Waals surface area (Å²) in [4.78, 5) is 19.4. The van der Waals surface area contributed by atoms with E-state index in [1.54, 1.807) is 0 Å². The zero-order chi connectivity index (χ0) is 18.2. The minimum atomic E-state index is 0.0996. The number of imidazole rings is 1. The van der Waals surface area contributed by atoms with E-state index in [1.165, 1.54) is 0 Å². The molecule has 0 spiro atoms. The Morgan fingerprint density at radius 3 is 2.81 bits per heavy atom. The van der Waals surface area contributed by atoms with E-state index < -0.39 is 0 Å². The average molecular weight is 362 g/mol. The number of benzene rings is 1. The van der Waals surface area contributed by atoms with Gasteiger partial charge in [-0.2, -0.15) is 0 Å². The van der Waals surface area contributed by atoms with Gasteiger partial charge in [0.1, 0.15) is 18.0 Å². The molecule has 2 fully saturated rings. The van der Waals surface area contributed by atoms with Crippen molar-refractivity contribution in [3.8, 4) is 5.75 Å². The van der Waals surface area contributed by atoms with Crippen molar-refractivity contribution in [3.05, 3.63) is 66.1 Å². The Bertz CT molecular complexity index is 938. The number of nitrogens with one attached hydrogen (secondary N) is 1. The van der Waals surface area contributed by atoms with Crippen LogP contribution in [0.4, 0.5) is 0 Å². The third-order valence-corrected chi connectivity index (χ3v) is 5.56. The van der Waals surface area contributed by atoms with Gasteiger partial charge in [-0.15, -0.1) is 0 Å². The number of aromatic nitrogens is 2. The van der Waals surface area contributed by atoms with E-state index in [0.717, 1.165) is 37.5 Å². The molecule has 27 heavy (non-hydrogen) atoms. The zero-order valence-electron chi connectivity index (χ0n) is 15.0. The monoisotopic (exact) mass is 362 g/mol. The van der Waals surface area contributed by atoms with Crippen LogP contribution >= 0.6 is 0 Å². The van der Waals surface area contributed by atoms with Crippen LogP contribution in [-0.2, 0) is 6.61 Å². The maximum Gasteiger partial charge on any atom is 0.254 e. The first-order chi connectivity index (χ1) is 13.3. The quantitative estimate of drug-likeness (QED) is 0.773. The van der Waals surface area contributed by atoms with Crippen molar-refractivity contribution in [2.75, 3.05) is 26.2 Å². The molecule has 5 rings (SSSR count). The van der Waals surface area contributed by atoms with Crippen LogP contribution in [0.1, 0.15) is 16.1 Å². The first kappa shape index (κ1) is 16.3. The van der Waals surface area contributed by atoms with Crippen LogP contribution < -0.4 is 10.1 Å². The summed E-state index contributed by atoms with van der Waals surface area (Å²) < 4.78 is 7.86. The molecule has 0 saturated carbocycles. The summed E-state index contributed by atoms with van der Waals surface area (Å²) in [6.07, 6.45) is 3.92. The maximum atomic E-state index is 12.9. The van der Waals surface area contributed by atoms with E-state index >= 15 is 0 Å². The fourth-order valence-electron chi connectivity index (χ4n) is 4.14. The molecule has 1 aromatic carbocycles. The Labute approximate surface area is 157 Å². The normalized spacial score (nSPS) is 21.6. The molecule has 2 atom stereocenters. The summed E-state index contributed by atoms with van der Waals surface area (Å²) in [5, 5.41) is 3.41. The number of amides is 1. The second-order valence-electron chi connectivity index (χ2n) is 7.40. The highest BCUT2D eigenvalue weighted by atomic mass is 16.5. The van der Waals surface area contributed by atoms with Crippen LogP contribution in [0.5, 0.6) is 5.75 Å². The molecule has 2 aliphatic heterocycles. The highest BCUT2D eigenvalue weighted by molar-refractivity contribution is 5.94. The van der Waals surface area contributed by atoms with Crippen LogP contribution in [0, 0.1) is 11.8 Å². The largest absolute Gasteiger partial charge is 0.487 e. The minimum Gasteiger partial charge on any atom is -0.487 e. The highest BCUT2D eigenvalue weighted by Gasteiger charge is 2.38. The van der Waals surface area contributed by atoms with Crippen LogP contribution in [-0.4, -0.2) is 46.4 Å². The molecule has 0 aliphatic carbocycles. The van der Waals surface area contributed by atoms with Crippen molar-refractivity contribution in [2.24, 2.45) is 11.8 Å². The molecule has 2 aromatic heterocycles. The topological polar surface area (TPSA) is 58.9 Å². The number of fused-ring (bicyclic) bond motifs is 2. The fourth-order valence-corrected chi connectivity index (χ4v) is 4.14. The van der Waals surface area contributed by atoms with Gasteiger partial charge in [-0.05, 0) is 42.2 Å². The molecular weight excluding hydrogens is 340 g/mol. The Morgan fingerprint density at radius 1 is 1.15 bits per heavy atom. The summed E-state index contributed by atoms with van der Waals surface area (Å²) in [5.74, 6) is 1.99. The molecule has 6 nitrogen and oxygen atoms in total. The Hall–Kier alpha value is -2.86. The Kier molecular flexibility index (Phi) is 4.05. The molecule has 3 aromatic rings. The van der Waals surface area contributed by atoms with Gasteiger partial charge in [0.05, 0.1) is 5.69 Å². The van der Waals surface area contributed by atoms with Gasteiger partial charge in [0.2, 0.25) is 0 Å². The van der Waals surface area contributed by atoms with E-state index in [-0.39, 0.29) is 5.91 Å². The lowest BCUT2D eigenvalue weighted by molar-refractivity contribution is 0.0781. The van der Waals surface area contributed by atoms with E-state index in [4.69, 9.17) is 4.74 Å². The summed E-state index contributed by atoms with van der Waals surface area (Å²) >= 11 is 0. The van der Waals surface area contributed by atoms with Crippen LogP contribution in [0.15, 0.2) is 54.9 Å². The van der Waals surface area contributed by atoms with E-state index in [2.05, 4.69) is 10.3 Å². The van der Waals surface area contributed by atoms with E-state index in [1.807, 2.05) is 64.2 Å². The molecule has 0 unspecified atom stereocenters. The van der Waals surface area contributed by atoms with Crippen LogP contribution in [0.3, 0.4) is 0 Å². The van der Waals surface area contributed by atoms with Crippen molar-refractivity contribution in [3.63, 3.8) is 0 Å². The van der Waals surface area contributed by atoms with Gasteiger partial charge in [0, 0.05) is 44.1 Å². The van der Waals surface area contributed by atoms with Gasteiger partial charge in [-0.1, -0.05) is 12.1 Å². The maximum absolute atomic E-state index is 12.9. The van der Waals surface area contributed by atoms with Crippen molar-refractivity contribution in [1.82, 2.24) is 19.6 Å². The zero-order valence-corrected chi connectivity index (χ0v) is 15.0. The summed E-state index contributed by atoms with van der Waals surface area (Å²) in [7, 11) is 0. The van der Waals surface area contributed by atoms with Crippen LogP contribution in [0.25, 0.3) is 5.65 Å². The number of pyridine rings is 1. The smallest absolute Gasteiger partial charge is 0.254 e. The van der Waals surface area contributed by atoms with Crippen LogP contribution in [0.2, 0.25) is 0 Å². The molecule has 2 aliphatic rings. The molecule has 0 bridgehead atoms. The highest BCUT2D eigenvalue weighted by Crippen LogP contribution is 2.28. The number of likely N-dealkylation sites (tertiary alicyclic amines) is 1. The number of carbonyl (C=O) groups is 1. The Balaban J connectivity index is 1.26. The number of hydrogen-bond donors (Lipinski definition) is 1. The third-order valence-electron chi connectivity index (χ3n) is 5.56. The number of carbonyl (C=O) groups excluding carboxylic acids is 1. The standard InChI is InChI=1S/C21H22N4O2/c26-21(25-11-16-9-22-10-17(16)12-25)15-4-3-5-19(8-15)27-14-18-13-24-7-2-1-6-20(24)23-18/h1-8,13,16-17,22H,9-12,14H2/t16-,17+. The van der Waals surface area contributed by atoms with Gasteiger partial charge in [0.15, 0.2) is 0 Å². The predicted molar refractivity (Wildman–Crippen MR) is 102 cm³/mol. The SMILES string of the molecule is O=C(c1cccc(OCc2cn3ccccc3n2)c1)N1C[C@H]2CNC[C@H]2C1. The molecule has 4 heterocycles. The third kappa shape index (κ3) is 3.17. The molecule has 2 saturated heterocycles. The molecule has 6 heteroatoms. The number of rotatable bonds is 4. The van der Waals surface area contributed by atoms with Crippen molar-refractivity contribution < 1.29 is 9.53 Å². The van der Waals surface area contributed by atoms with Gasteiger partial charge >= 0.3 is 0 Å². The lowest BCUT2D eigenvalue weighted by atomic mass is 10.0. The van der Waals surface area contributed by atoms with Gasteiger partial charge in [-0.3, -0.25) is 4.79 Å². The van der Waals surface area contributed by atoms with E-state index in [9.17, 15) is 4.79 Å². The molecule has 1 amide bonds. The number of nitrogens with zero attached hydrogens (tertiary/aromatic N) is 3. The van der Waals surface area contributed by atoms with Crippen molar-refractivity contribution >= 4 is 11.6 Å².